The van der Waals surface area contributed by atoms with Crippen molar-refractivity contribution in [1.82, 2.24) is 15.5 Å². The molecular weight excluding hydrogens is 530 g/mol. The van der Waals surface area contributed by atoms with E-state index in [1.165, 1.54) is 10.4 Å². The van der Waals surface area contributed by atoms with E-state index >= 15 is 0 Å². The number of benzene rings is 3. The van der Waals surface area contributed by atoms with Crippen LogP contribution < -0.4 is 15.7 Å². The van der Waals surface area contributed by atoms with E-state index in [1.807, 2.05) is 63.2 Å². The van der Waals surface area contributed by atoms with Crippen LogP contribution in [0.3, 0.4) is 0 Å². The molecule has 7 nitrogen and oxygen atoms in total. The predicted octanol–water partition coefficient (Wildman–Crippen LogP) is 6.00. The lowest BCUT2D eigenvalue weighted by molar-refractivity contribution is 0.0493. The number of aromatic nitrogens is 2. The second-order valence-electron chi connectivity index (χ2n) is 12.2. The molecule has 4 aromatic rings. The van der Waals surface area contributed by atoms with E-state index in [1.54, 1.807) is 0 Å². The molecule has 0 unspecified atom stereocenters. The molecule has 0 spiro atoms. The van der Waals surface area contributed by atoms with Crippen molar-refractivity contribution in [2.24, 2.45) is 0 Å². The Bertz CT molecular complexity index is 1340. The summed E-state index contributed by atoms with van der Waals surface area (Å²) in [4.78, 5) is 17.3. The number of hydrogen-bond acceptors (Lipinski definition) is 6. The molecule has 0 saturated heterocycles. The van der Waals surface area contributed by atoms with Gasteiger partial charge in [-0.05, 0) is 41.7 Å². The maximum atomic E-state index is 12.6. The maximum absolute atomic E-state index is 12.6. The van der Waals surface area contributed by atoms with E-state index in [2.05, 4.69) is 84.8 Å². The van der Waals surface area contributed by atoms with Crippen molar-refractivity contribution >= 4 is 24.8 Å². The summed E-state index contributed by atoms with van der Waals surface area (Å²) in [6, 6.07) is 30.4. The minimum absolute atomic E-state index is 0.129. The Morgan fingerprint density at radius 2 is 1.39 bits per heavy atom. The Hall–Kier alpha value is -3.75. The zero-order valence-electron chi connectivity index (χ0n) is 24.9. The van der Waals surface area contributed by atoms with Crippen LogP contribution >= 0.6 is 0 Å². The molecule has 0 aliphatic rings. The van der Waals surface area contributed by atoms with Crippen LogP contribution in [-0.4, -0.2) is 36.8 Å². The number of amides is 1. The van der Waals surface area contributed by atoms with E-state index in [0.717, 1.165) is 5.56 Å². The molecule has 8 heteroatoms. The van der Waals surface area contributed by atoms with Gasteiger partial charge in [-0.15, -0.1) is 0 Å². The van der Waals surface area contributed by atoms with Crippen LogP contribution in [-0.2, 0) is 22.0 Å². The van der Waals surface area contributed by atoms with Crippen LogP contribution in [0.25, 0.3) is 0 Å². The molecule has 41 heavy (non-hydrogen) atoms. The van der Waals surface area contributed by atoms with Gasteiger partial charge in [-0.3, -0.25) is 0 Å². The summed E-state index contributed by atoms with van der Waals surface area (Å²) in [5.74, 6) is 0.863. The van der Waals surface area contributed by atoms with Crippen LogP contribution in [0.4, 0.5) is 4.79 Å². The summed E-state index contributed by atoms with van der Waals surface area (Å²) < 4.78 is 18.2. The highest BCUT2D eigenvalue weighted by molar-refractivity contribution is 6.99. The lowest BCUT2D eigenvalue weighted by atomic mass is 10.1. The summed E-state index contributed by atoms with van der Waals surface area (Å²) in [7, 11) is -2.67. The van der Waals surface area contributed by atoms with E-state index in [9.17, 15) is 4.79 Å². The molecular formula is C33H41N3O4Si. The molecule has 1 amide bonds. The lowest BCUT2D eigenvalue weighted by Crippen LogP contribution is -2.66. The number of carbonyl (C=O) groups is 1. The second-order valence-corrected chi connectivity index (χ2v) is 16.5. The molecule has 1 N–H and O–H groups in total. The summed E-state index contributed by atoms with van der Waals surface area (Å²) in [6.07, 6.45) is 0.423. The monoisotopic (exact) mass is 571 g/mol. The fourth-order valence-electron chi connectivity index (χ4n) is 5.07. The Labute approximate surface area is 244 Å². The fraction of sp³-hybridized carbons (Fsp3) is 0.364. The maximum Gasteiger partial charge on any atom is 0.408 e. The normalized spacial score (nSPS) is 13.0. The van der Waals surface area contributed by atoms with Crippen LogP contribution in [0.1, 0.15) is 64.9 Å². The number of nitrogens with zero attached hydrogens (tertiary/aromatic N) is 2. The SMILES string of the molecule is CC(C)(C)OC(=O)N[C@@H](Cc1ccccc1)c1nc(CCO[Si](c2ccccc2)(c2ccccc2)C(C)(C)C)no1. The van der Waals surface area contributed by atoms with Crippen LogP contribution in [0, 0.1) is 0 Å². The summed E-state index contributed by atoms with van der Waals surface area (Å²) in [5, 5.41) is 9.47. The van der Waals surface area contributed by atoms with Gasteiger partial charge in [-0.25, -0.2) is 4.79 Å². The van der Waals surface area contributed by atoms with Crippen molar-refractivity contribution in [1.29, 1.82) is 0 Å². The summed E-state index contributed by atoms with van der Waals surface area (Å²) in [5.41, 5.74) is 0.406. The van der Waals surface area contributed by atoms with Gasteiger partial charge in [0, 0.05) is 19.4 Å². The highest BCUT2D eigenvalue weighted by atomic mass is 28.4. The summed E-state index contributed by atoms with van der Waals surface area (Å²) in [6.45, 7) is 12.7. The van der Waals surface area contributed by atoms with Gasteiger partial charge < -0.3 is 19.0 Å². The highest BCUT2D eigenvalue weighted by Gasteiger charge is 2.50. The van der Waals surface area contributed by atoms with E-state index in [4.69, 9.17) is 13.7 Å². The largest absolute Gasteiger partial charge is 0.444 e. The van der Waals surface area contributed by atoms with Gasteiger partial charge in [0.15, 0.2) is 5.82 Å². The first kappa shape index (κ1) is 30.2. The third kappa shape index (κ3) is 7.71. The zero-order chi connectivity index (χ0) is 29.5. The summed E-state index contributed by atoms with van der Waals surface area (Å²) >= 11 is 0. The molecule has 0 aliphatic heterocycles. The predicted molar refractivity (Wildman–Crippen MR) is 164 cm³/mol. The third-order valence-corrected chi connectivity index (χ3v) is 11.9. The van der Waals surface area contributed by atoms with Crippen molar-refractivity contribution in [3.63, 3.8) is 0 Å². The fourth-order valence-corrected chi connectivity index (χ4v) is 9.63. The smallest absolute Gasteiger partial charge is 0.408 e. The Kier molecular flexibility index (Phi) is 9.45. The molecule has 4 rings (SSSR count). The number of rotatable bonds is 10. The van der Waals surface area contributed by atoms with E-state index in [0.29, 0.717) is 31.2 Å². The number of hydrogen-bond donors (Lipinski definition) is 1. The van der Waals surface area contributed by atoms with Crippen molar-refractivity contribution in [3.8, 4) is 0 Å². The van der Waals surface area contributed by atoms with Crippen LogP contribution in [0.2, 0.25) is 5.04 Å². The van der Waals surface area contributed by atoms with Crippen molar-refractivity contribution in [3.05, 3.63) is 108 Å². The first-order valence-electron chi connectivity index (χ1n) is 14.1. The van der Waals surface area contributed by atoms with E-state index in [-0.39, 0.29) is 5.04 Å². The second kappa shape index (κ2) is 12.8. The number of ether oxygens (including phenoxy) is 1. The molecule has 1 atom stereocenters. The standard InChI is InChI=1S/C33H41N3O4Si/c1-32(2,3)39-31(37)34-28(24-25-16-10-7-11-17-25)30-35-29(36-40-30)22-23-38-41(33(4,5)6,26-18-12-8-13-19-26)27-20-14-9-15-21-27/h7-21,28H,22-24H2,1-6H3,(H,34,37)/t28-/m0/s1. The Morgan fingerprint density at radius 1 is 0.854 bits per heavy atom. The Balaban J connectivity index is 1.55. The average Bonchev–Trinajstić information content (AvgIpc) is 3.40. The molecule has 0 aliphatic carbocycles. The van der Waals surface area contributed by atoms with Gasteiger partial charge in [0.2, 0.25) is 5.89 Å². The number of alkyl carbamates (subject to hydrolysis) is 1. The number of carbonyl (C=O) groups excluding carboxylic acids is 1. The lowest BCUT2D eigenvalue weighted by Gasteiger charge is -2.43. The minimum atomic E-state index is -2.67. The van der Waals surface area contributed by atoms with Gasteiger partial charge in [0.05, 0.1) is 0 Å². The van der Waals surface area contributed by atoms with E-state index < -0.39 is 26.1 Å². The Morgan fingerprint density at radius 3 is 1.90 bits per heavy atom. The van der Waals surface area contributed by atoms with Crippen LogP contribution in [0.15, 0.2) is 95.5 Å². The third-order valence-electron chi connectivity index (χ3n) is 6.82. The van der Waals surface area contributed by atoms with Gasteiger partial charge in [0.25, 0.3) is 8.32 Å². The average molecular weight is 572 g/mol. The topological polar surface area (TPSA) is 86.5 Å². The van der Waals surface area contributed by atoms with Gasteiger partial charge in [-0.2, -0.15) is 4.98 Å². The van der Waals surface area contributed by atoms with Gasteiger partial charge >= 0.3 is 6.09 Å². The van der Waals surface area contributed by atoms with Gasteiger partial charge in [-0.1, -0.05) is 117 Å². The quantitative estimate of drug-likeness (QED) is 0.235. The first-order chi connectivity index (χ1) is 19.5. The number of nitrogens with one attached hydrogen (secondary N) is 1. The first-order valence-corrected chi connectivity index (χ1v) is 16.0. The molecule has 0 fully saturated rings. The zero-order valence-corrected chi connectivity index (χ0v) is 25.9. The van der Waals surface area contributed by atoms with Crippen molar-refractivity contribution in [2.75, 3.05) is 6.61 Å². The van der Waals surface area contributed by atoms with Gasteiger partial charge in [0.1, 0.15) is 11.6 Å². The van der Waals surface area contributed by atoms with Crippen molar-refractivity contribution in [2.45, 2.75) is 71.1 Å². The molecule has 0 radical (unpaired) electrons. The van der Waals surface area contributed by atoms with Crippen molar-refractivity contribution < 1.29 is 18.5 Å². The van der Waals surface area contributed by atoms with Crippen LogP contribution in [0.5, 0.6) is 0 Å². The minimum Gasteiger partial charge on any atom is -0.444 e. The molecule has 216 valence electrons. The molecule has 1 aromatic heterocycles. The molecule has 0 saturated carbocycles. The molecule has 3 aromatic carbocycles. The molecule has 0 bridgehead atoms. The molecule has 1 heterocycles. The highest BCUT2D eigenvalue weighted by Crippen LogP contribution is 2.36.